The molecule has 0 aliphatic rings. The van der Waals surface area contributed by atoms with Crippen molar-refractivity contribution in [2.75, 3.05) is 12.4 Å². The van der Waals surface area contributed by atoms with Crippen LogP contribution >= 0.6 is 11.8 Å². The third-order valence-corrected chi connectivity index (χ3v) is 4.97. The van der Waals surface area contributed by atoms with Crippen LogP contribution in [-0.4, -0.2) is 32.2 Å². The van der Waals surface area contributed by atoms with Gasteiger partial charge in [-0.1, -0.05) is 66.7 Å². The zero-order valence-corrected chi connectivity index (χ0v) is 15.0. The number of para-hydroxylation sites is 1. The molecule has 0 atom stereocenters. The number of nitrogens with zero attached hydrogens (tertiary/aromatic N) is 3. The Balaban J connectivity index is 1.80. The predicted molar refractivity (Wildman–Crippen MR) is 102 cm³/mol. The average molecular weight is 353 g/mol. The summed E-state index contributed by atoms with van der Waals surface area (Å²) < 4.78 is 2.16. The van der Waals surface area contributed by atoms with E-state index >= 15 is 0 Å². The quantitative estimate of drug-likeness (QED) is 0.464. The highest BCUT2D eigenvalue weighted by Crippen LogP contribution is 2.24. The molecule has 0 aliphatic carbocycles. The fraction of sp³-hybridized carbons (Fsp3) is 0.300. The molecule has 0 radical (unpaired) electrons. The summed E-state index contributed by atoms with van der Waals surface area (Å²) in [6.45, 7) is 0.270. The molecule has 2 aromatic carbocycles. The second-order valence-corrected chi connectivity index (χ2v) is 6.93. The van der Waals surface area contributed by atoms with Gasteiger partial charge in [0.05, 0.1) is 0 Å². The first-order chi connectivity index (χ1) is 12.4. The SMILES string of the molecule is OCCCCCSc1nnc(Cc2ccccc2)n1-c1ccccc1. The fourth-order valence-electron chi connectivity index (χ4n) is 2.68. The first kappa shape index (κ1) is 17.7. The molecule has 4 nitrogen and oxygen atoms in total. The van der Waals surface area contributed by atoms with Gasteiger partial charge in [-0.25, -0.2) is 0 Å². The Hall–Kier alpha value is -2.11. The van der Waals surface area contributed by atoms with Gasteiger partial charge in [0.15, 0.2) is 5.16 Å². The summed E-state index contributed by atoms with van der Waals surface area (Å²) in [5.74, 6) is 1.94. The summed E-state index contributed by atoms with van der Waals surface area (Å²) in [5, 5.41) is 18.7. The van der Waals surface area contributed by atoms with E-state index in [4.69, 9.17) is 5.11 Å². The van der Waals surface area contributed by atoms with Gasteiger partial charge in [-0.2, -0.15) is 0 Å². The van der Waals surface area contributed by atoms with Gasteiger partial charge in [-0.3, -0.25) is 4.57 Å². The minimum Gasteiger partial charge on any atom is -0.396 e. The molecule has 1 heterocycles. The Morgan fingerprint density at radius 2 is 1.56 bits per heavy atom. The van der Waals surface area contributed by atoms with E-state index in [-0.39, 0.29) is 6.61 Å². The van der Waals surface area contributed by atoms with Crippen molar-refractivity contribution in [3.8, 4) is 5.69 Å². The molecule has 1 aromatic heterocycles. The maximum Gasteiger partial charge on any atom is 0.195 e. The maximum absolute atomic E-state index is 8.89. The van der Waals surface area contributed by atoms with Gasteiger partial charge in [-0.15, -0.1) is 10.2 Å². The predicted octanol–water partition coefficient (Wildman–Crippen LogP) is 4.11. The van der Waals surface area contributed by atoms with Crippen molar-refractivity contribution >= 4 is 11.8 Å². The molecule has 25 heavy (non-hydrogen) atoms. The van der Waals surface area contributed by atoms with Gasteiger partial charge in [0.25, 0.3) is 0 Å². The number of aromatic nitrogens is 3. The lowest BCUT2D eigenvalue weighted by Crippen LogP contribution is -2.04. The van der Waals surface area contributed by atoms with Crippen molar-refractivity contribution in [1.29, 1.82) is 0 Å². The molecule has 0 saturated heterocycles. The summed E-state index contributed by atoms with van der Waals surface area (Å²) in [7, 11) is 0. The third-order valence-electron chi connectivity index (χ3n) is 3.95. The van der Waals surface area contributed by atoms with Crippen LogP contribution in [-0.2, 0) is 6.42 Å². The average Bonchev–Trinajstić information content (AvgIpc) is 3.05. The minimum atomic E-state index is 0.270. The van der Waals surface area contributed by atoms with E-state index in [2.05, 4.69) is 51.2 Å². The smallest absolute Gasteiger partial charge is 0.195 e. The molecule has 5 heteroatoms. The van der Waals surface area contributed by atoms with Crippen molar-refractivity contribution < 1.29 is 5.11 Å². The summed E-state index contributed by atoms with van der Waals surface area (Å²) in [5.41, 5.74) is 2.32. The van der Waals surface area contributed by atoms with E-state index in [1.165, 1.54) is 5.56 Å². The molecule has 0 fully saturated rings. The third kappa shape index (κ3) is 4.94. The molecule has 0 amide bonds. The molecule has 3 aromatic rings. The van der Waals surface area contributed by atoms with Crippen LogP contribution in [0.25, 0.3) is 5.69 Å². The second kappa shape index (κ2) is 9.39. The van der Waals surface area contributed by atoms with Crippen LogP contribution in [0.15, 0.2) is 65.8 Å². The number of benzene rings is 2. The van der Waals surface area contributed by atoms with E-state index in [1.54, 1.807) is 11.8 Å². The lowest BCUT2D eigenvalue weighted by atomic mass is 10.1. The Morgan fingerprint density at radius 1 is 0.840 bits per heavy atom. The van der Waals surface area contributed by atoms with E-state index in [0.29, 0.717) is 0 Å². The van der Waals surface area contributed by atoms with E-state index < -0.39 is 0 Å². The van der Waals surface area contributed by atoms with Crippen molar-refractivity contribution in [3.05, 3.63) is 72.1 Å². The molecule has 130 valence electrons. The Morgan fingerprint density at radius 3 is 2.28 bits per heavy atom. The van der Waals surface area contributed by atoms with Gasteiger partial charge in [-0.05, 0) is 30.5 Å². The minimum absolute atomic E-state index is 0.270. The molecule has 0 spiro atoms. The van der Waals surface area contributed by atoms with Crippen LogP contribution in [0.3, 0.4) is 0 Å². The molecule has 0 unspecified atom stereocenters. The maximum atomic E-state index is 8.89. The standard InChI is InChI=1S/C20H23N3OS/c24-14-8-3-9-15-25-20-22-21-19(16-17-10-4-1-5-11-17)23(20)18-12-6-2-7-13-18/h1-2,4-7,10-13,24H,3,8-9,14-16H2. The Bertz CT molecular complexity index is 759. The highest BCUT2D eigenvalue weighted by atomic mass is 32.2. The Kier molecular flexibility index (Phi) is 6.65. The lowest BCUT2D eigenvalue weighted by Gasteiger charge is -2.10. The van der Waals surface area contributed by atoms with Gasteiger partial charge in [0.2, 0.25) is 0 Å². The van der Waals surface area contributed by atoms with Crippen molar-refractivity contribution in [2.45, 2.75) is 30.8 Å². The molecule has 3 rings (SSSR count). The van der Waals surface area contributed by atoms with Crippen LogP contribution in [0.1, 0.15) is 30.7 Å². The number of thioether (sulfide) groups is 1. The monoisotopic (exact) mass is 353 g/mol. The summed E-state index contributed by atoms with van der Waals surface area (Å²) in [6.07, 6.45) is 3.74. The van der Waals surface area contributed by atoms with Crippen LogP contribution in [0.5, 0.6) is 0 Å². The topological polar surface area (TPSA) is 50.9 Å². The van der Waals surface area contributed by atoms with E-state index in [9.17, 15) is 0 Å². The highest BCUT2D eigenvalue weighted by molar-refractivity contribution is 7.99. The van der Waals surface area contributed by atoms with Gasteiger partial charge < -0.3 is 5.11 Å². The molecule has 0 aliphatic heterocycles. The number of rotatable bonds is 9. The first-order valence-electron chi connectivity index (χ1n) is 8.66. The van der Waals surface area contributed by atoms with Gasteiger partial charge in [0.1, 0.15) is 5.82 Å². The number of hydrogen-bond acceptors (Lipinski definition) is 4. The van der Waals surface area contributed by atoms with Gasteiger partial charge in [0, 0.05) is 24.5 Å². The number of hydrogen-bond donors (Lipinski definition) is 1. The Labute approximate surface area is 152 Å². The van der Waals surface area contributed by atoms with E-state index in [1.807, 2.05) is 24.3 Å². The molecular weight excluding hydrogens is 330 g/mol. The van der Waals surface area contributed by atoms with Crippen molar-refractivity contribution in [2.24, 2.45) is 0 Å². The first-order valence-corrected chi connectivity index (χ1v) is 9.64. The van der Waals surface area contributed by atoms with Crippen LogP contribution in [0.2, 0.25) is 0 Å². The van der Waals surface area contributed by atoms with Crippen LogP contribution in [0, 0.1) is 0 Å². The number of aliphatic hydroxyl groups is 1. The summed E-state index contributed by atoms with van der Waals surface area (Å²) in [4.78, 5) is 0. The zero-order chi connectivity index (χ0) is 17.3. The fourth-order valence-corrected chi connectivity index (χ4v) is 3.65. The molecule has 0 saturated carbocycles. The summed E-state index contributed by atoms with van der Waals surface area (Å²) in [6, 6.07) is 20.6. The second-order valence-electron chi connectivity index (χ2n) is 5.86. The molecular formula is C20H23N3OS. The largest absolute Gasteiger partial charge is 0.396 e. The van der Waals surface area contributed by atoms with Crippen LogP contribution < -0.4 is 0 Å². The normalized spacial score (nSPS) is 10.9. The van der Waals surface area contributed by atoms with Crippen molar-refractivity contribution in [3.63, 3.8) is 0 Å². The van der Waals surface area contributed by atoms with Crippen LogP contribution in [0.4, 0.5) is 0 Å². The van der Waals surface area contributed by atoms with Crippen molar-refractivity contribution in [1.82, 2.24) is 14.8 Å². The highest BCUT2D eigenvalue weighted by Gasteiger charge is 2.14. The number of aliphatic hydroxyl groups excluding tert-OH is 1. The molecule has 1 N–H and O–H groups in total. The number of unbranched alkanes of at least 4 members (excludes halogenated alkanes) is 2. The summed E-state index contributed by atoms with van der Waals surface area (Å²) >= 11 is 1.73. The van der Waals surface area contributed by atoms with E-state index in [0.717, 1.165) is 48.1 Å². The lowest BCUT2D eigenvalue weighted by molar-refractivity contribution is 0.284. The zero-order valence-electron chi connectivity index (χ0n) is 14.2. The molecule has 0 bridgehead atoms. The van der Waals surface area contributed by atoms with Gasteiger partial charge >= 0.3 is 0 Å².